The maximum atomic E-state index is 5.86. The maximum absolute atomic E-state index is 5.86. The number of hydrogen-bond acceptors (Lipinski definition) is 5. The summed E-state index contributed by atoms with van der Waals surface area (Å²) < 4.78 is 0. The molecular weight excluding hydrogens is 180 g/mol. The second-order valence-electron chi connectivity index (χ2n) is 4.11. The van der Waals surface area contributed by atoms with Gasteiger partial charge >= 0.3 is 0 Å². The molecule has 2 aliphatic heterocycles. The molecule has 2 aliphatic rings. The van der Waals surface area contributed by atoms with Crippen molar-refractivity contribution in [3.63, 3.8) is 0 Å². The highest BCUT2D eigenvalue weighted by atomic mass is 16.7. The number of aliphatic imine (C=N–C) groups is 1. The average molecular weight is 198 g/mol. The molecule has 0 aromatic rings. The van der Waals surface area contributed by atoms with E-state index in [-0.39, 0.29) is 5.41 Å². The summed E-state index contributed by atoms with van der Waals surface area (Å²) in [5.74, 6) is 0.956. The number of hydrogen-bond donors (Lipinski definition) is 3. The molecule has 0 spiro atoms. The second kappa shape index (κ2) is 4.25. The van der Waals surface area contributed by atoms with Crippen LogP contribution in [0.4, 0.5) is 0 Å². The molecule has 0 saturated carbocycles. The van der Waals surface area contributed by atoms with Crippen molar-refractivity contribution in [2.24, 2.45) is 16.1 Å². The number of nitrogens with two attached hydrogens (primary N) is 1. The van der Waals surface area contributed by atoms with Crippen molar-refractivity contribution in [2.75, 3.05) is 26.4 Å². The van der Waals surface area contributed by atoms with Crippen LogP contribution in [-0.4, -0.2) is 32.2 Å². The molecule has 5 nitrogen and oxygen atoms in total. The van der Waals surface area contributed by atoms with Gasteiger partial charge in [0, 0.05) is 6.42 Å². The van der Waals surface area contributed by atoms with Crippen LogP contribution in [0.5, 0.6) is 0 Å². The van der Waals surface area contributed by atoms with E-state index in [9.17, 15) is 0 Å². The Hall–Kier alpha value is -0.650. The molecule has 0 amide bonds. The molecule has 0 unspecified atom stereocenters. The first-order valence-corrected chi connectivity index (χ1v) is 5.17. The zero-order valence-electron chi connectivity index (χ0n) is 8.38. The van der Waals surface area contributed by atoms with Gasteiger partial charge in [-0.05, 0) is 37.9 Å². The summed E-state index contributed by atoms with van der Waals surface area (Å²) in [5, 5.41) is 3.35. The molecule has 14 heavy (non-hydrogen) atoms. The molecule has 0 aromatic heterocycles. The number of rotatable bonds is 3. The van der Waals surface area contributed by atoms with Crippen molar-refractivity contribution < 1.29 is 4.84 Å². The second-order valence-corrected chi connectivity index (χ2v) is 4.11. The Bertz CT molecular complexity index is 223. The van der Waals surface area contributed by atoms with E-state index in [4.69, 9.17) is 10.6 Å². The lowest BCUT2D eigenvalue weighted by Gasteiger charge is -2.36. The fraction of sp³-hybridized carbons (Fsp3) is 0.889. The molecule has 2 heterocycles. The van der Waals surface area contributed by atoms with E-state index in [1.807, 2.05) is 0 Å². The summed E-state index contributed by atoms with van der Waals surface area (Å²) in [7, 11) is 0. The number of amidine groups is 1. The predicted molar refractivity (Wildman–Crippen MR) is 54.7 cm³/mol. The van der Waals surface area contributed by atoms with Gasteiger partial charge in [-0.1, -0.05) is 0 Å². The normalized spacial score (nSPS) is 25.6. The highest BCUT2D eigenvalue weighted by molar-refractivity contribution is 5.82. The summed E-state index contributed by atoms with van der Waals surface area (Å²) in [4.78, 5) is 9.21. The van der Waals surface area contributed by atoms with E-state index >= 15 is 0 Å². The summed E-state index contributed by atoms with van der Waals surface area (Å²) in [6.45, 7) is 3.29. The molecule has 0 bridgehead atoms. The van der Waals surface area contributed by atoms with E-state index in [0.717, 1.165) is 44.7 Å². The monoisotopic (exact) mass is 198 g/mol. The summed E-state index contributed by atoms with van der Waals surface area (Å²) >= 11 is 0. The van der Waals surface area contributed by atoms with Crippen LogP contribution in [0.1, 0.15) is 19.3 Å². The molecule has 1 saturated heterocycles. The van der Waals surface area contributed by atoms with Crippen LogP contribution in [0.25, 0.3) is 0 Å². The lowest BCUT2D eigenvalue weighted by Crippen LogP contribution is -2.44. The van der Waals surface area contributed by atoms with Crippen LogP contribution in [-0.2, 0) is 4.84 Å². The summed E-state index contributed by atoms with van der Waals surface area (Å²) in [5.41, 5.74) is 8.93. The van der Waals surface area contributed by atoms with Crippen molar-refractivity contribution in [3.05, 3.63) is 0 Å². The third kappa shape index (κ3) is 2.05. The Morgan fingerprint density at radius 2 is 2.21 bits per heavy atom. The Labute approximate surface area is 84.0 Å². The first kappa shape index (κ1) is 9.89. The van der Waals surface area contributed by atoms with Gasteiger partial charge in [-0.3, -0.25) is 10.3 Å². The molecular formula is C9H18N4O. The van der Waals surface area contributed by atoms with Crippen LogP contribution in [0.2, 0.25) is 0 Å². The first-order valence-electron chi connectivity index (χ1n) is 5.17. The van der Waals surface area contributed by atoms with Gasteiger partial charge in [0.25, 0.3) is 0 Å². The van der Waals surface area contributed by atoms with Crippen molar-refractivity contribution in [2.45, 2.75) is 19.3 Å². The molecule has 0 atom stereocenters. The van der Waals surface area contributed by atoms with Crippen molar-refractivity contribution >= 4 is 5.84 Å². The van der Waals surface area contributed by atoms with E-state index in [2.05, 4.69) is 15.8 Å². The van der Waals surface area contributed by atoms with Crippen LogP contribution in [0, 0.1) is 5.41 Å². The summed E-state index contributed by atoms with van der Waals surface area (Å²) in [6, 6.07) is 0. The van der Waals surface area contributed by atoms with Gasteiger partial charge in [0.05, 0.1) is 0 Å². The summed E-state index contributed by atoms with van der Waals surface area (Å²) in [6.07, 6.45) is 3.18. The van der Waals surface area contributed by atoms with Gasteiger partial charge in [-0.2, -0.15) is 0 Å². The van der Waals surface area contributed by atoms with E-state index < -0.39 is 0 Å². The Morgan fingerprint density at radius 1 is 1.43 bits per heavy atom. The van der Waals surface area contributed by atoms with Gasteiger partial charge in [-0.25, -0.2) is 4.99 Å². The Balaban J connectivity index is 1.96. The van der Waals surface area contributed by atoms with E-state index in [1.54, 1.807) is 0 Å². The number of nitrogens with one attached hydrogen (secondary N) is 2. The highest BCUT2D eigenvalue weighted by Gasteiger charge is 2.32. The van der Waals surface area contributed by atoms with Crippen molar-refractivity contribution in [3.8, 4) is 0 Å². The third-order valence-electron chi connectivity index (χ3n) is 3.15. The zero-order valence-corrected chi connectivity index (χ0v) is 8.38. The minimum atomic E-state index is 0.227. The minimum absolute atomic E-state index is 0.227. The van der Waals surface area contributed by atoms with Gasteiger partial charge in [0.2, 0.25) is 0 Å². The molecule has 2 rings (SSSR count). The SMILES string of the molecule is NCC1(CC2=NCON2)CCNCC1. The lowest BCUT2D eigenvalue weighted by atomic mass is 9.76. The van der Waals surface area contributed by atoms with Gasteiger partial charge in [0.1, 0.15) is 5.84 Å². The standard InChI is InChI=1S/C9H18N4O/c10-6-9(1-3-11-4-2-9)5-8-12-7-14-13-8/h11H,1-7,10H2,(H,12,13). The Kier molecular flexibility index (Phi) is 3.00. The zero-order chi connectivity index (χ0) is 9.86. The van der Waals surface area contributed by atoms with Gasteiger partial charge < -0.3 is 11.1 Å². The molecule has 4 N–H and O–H groups in total. The van der Waals surface area contributed by atoms with E-state index in [0.29, 0.717) is 6.73 Å². The molecule has 5 heteroatoms. The smallest absolute Gasteiger partial charge is 0.166 e. The number of nitrogens with zero attached hydrogens (tertiary/aromatic N) is 1. The Morgan fingerprint density at radius 3 is 2.79 bits per heavy atom. The van der Waals surface area contributed by atoms with E-state index in [1.165, 1.54) is 0 Å². The quantitative estimate of drug-likeness (QED) is 0.577. The van der Waals surface area contributed by atoms with Gasteiger partial charge in [0.15, 0.2) is 6.73 Å². The van der Waals surface area contributed by atoms with Crippen LogP contribution in [0.3, 0.4) is 0 Å². The molecule has 0 aromatic carbocycles. The molecule has 80 valence electrons. The minimum Gasteiger partial charge on any atom is -0.330 e. The topological polar surface area (TPSA) is 71.7 Å². The maximum Gasteiger partial charge on any atom is 0.166 e. The molecule has 0 radical (unpaired) electrons. The van der Waals surface area contributed by atoms with Crippen molar-refractivity contribution in [1.82, 2.24) is 10.8 Å². The van der Waals surface area contributed by atoms with Gasteiger partial charge in [-0.15, -0.1) is 0 Å². The highest BCUT2D eigenvalue weighted by Crippen LogP contribution is 2.31. The largest absolute Gasteiger partial charge is 0.330 e. The van der Waals surface area contributed by atoms with Crippen molar-refractivity contribution in [1.29, 1.82) is 0 Å². The molecule has 1 fully saturated rings. The lowest BCUT2D eigenvalue weighted by molar-refractivity contribution is 0.111. The number of hydroxylamine groups is 1. The predicted octanol–water partition coefficient (Wildman–Crippen LogP) is -0.404. The third-order valence-corrected chi connectivity index (χ3v) is 3.15. The van der Waals surface area contributed by atoms with Crippen LogP contribution in [0.15, 0.2) is 4.99 Å². The first-order chi connectivity index (χ1) is 6.85. The fourth-order valence-corrected chi connectivity index (χ4v) is 2.12. The molecule has 0 aliphatic carbocycles. The number of piperidine rings is 1. The fourth-order valence-electron chi connectivity index (χ4n) is 2.12. The van der Waals surface area contributed by atoms with Crippen LogP contribution < -0.4 is 16.5 Å². The van der Waals surface area contributed by atoms with Crippen LogP contribution >= 0.6 is 0 Å². The average Bonchev–Trinajstić information content (AvgIpc) is 2.72.